The van der Waals surface area contributed by atoms with Crippen LogP contribution < -0.4 is 15.5 Å². The normalized spacial score (nSPS) is 17.3. The fourth-order valence-electron chi connectivity index (χ4n) is 6.03. The van der Waals surface area contributed by atoms with Gasteiger partial charge in [-0.3, -0.25) is 19.2 Å². The highest BCUT2D eigenvalue weighted by molar-refractivity contribution is 6.34. The van der Waals surface area contributed by atoms with Gasteiger partial charge in [0.15, 0.2) is 0 Å². The van der Waals surface area contributed by atoms with E-state index < -0.39 is 0 Å². The fraction of sp³-hybridized carbons (Fsp3) is 0.333. The zero-order valence-corrected chi connectivity index (χ0v) is 24.8. The number of anilines is 3. The van der Waals surface area contributed by atoms with Crippen molar-refractivity contribution in [1.82, 2.24) is 4.90 Å². The number of hydrogen-bond donors (Lipinski definition) is 2. The third-order valence-corrected chi connectivity index (χ3v) is 8.49. The van der Waals surface area contributed by atoms with E-state index in [0.29, 0.717) is 41.9 Å². The zero-order chi connectivity index (χ0) is 30.0. The molecule has 0 spiro atoms. The van der Waals surface area contributed by atoms with E-state index in [1.165, 1.54) is 6.92 Å². The maximum atomic E-state index is 13.4. The van der Waals surface area contributed by atoms with Crippen LogP contribution in [0.2, 0.25) is 5.02 Å². The molecule has 3 aromatic carbocycles. The van der Waals surface area contributed by atoms with E-state index in [4.69, 9.17) is 11.6 Å². The Morgan fingerprint density at radius 1 is 0.881 bits per heavy atom. The molecule has 8 nitrogen and oxygen atoms in total. The molecule has 4 amide bonds. The van der Waals surface area contributed by atoms with Crippen molar-refractivity contribution in [2.75, 3.05) is 35.2 Å². The van der Waals surface area contributed by atoms with E-state index in [9.17, 15) is 19.2 Å². The van der Waals surface area contributed by atoms with Crippen LogP contribution in [0.1, 0.15) is 59.2 Å². The molecule has 0 bridgehead atoms. The summed E-state index contributed by atoms with van der Waals surface area (Å²) in [5.41, 5.74) is 5.57. The van der Waals surface area contributed by atoms with Crippen LogP contribution in [0, 0.1) is 19.8 Å². The van der Waals surface area contributed by atoms with Gasteiger partial charge in [-0.1, -0.05) is 41.9 Å². The van der Waals surface area contributed by atoms with Crippen molar-refractivity contribution in [2.24, 2.45) is 5.92 Å². The van der Waals surface area contributed by atoms with Crippen LogP contribution in [-0.4, -0.2) is 48.2 Å². The van der Waals surface area contributed by atoms with E-state index in [1.54, 1.807) is 23.1 Å². The number of benzene rings is 3. The lowest BCUT2D eigenvalue weighted by molar-refractivity contribution is -0.136. The largest absolute Gasteiger partial charge is 0.342 e. The number of aryl methyl sites for hydroxylation is 2. The third kappa shape index (κ3) is 6.34. The molecule has 42 heavy (non-hydrogen) atoms. The van der Waals surface area contributed by atoms with Gasteiger partial charge in [0, 0.05) is 50.0 Å². The van der Waals surface area contributed by atoms with Crippen molar-refractivity contribution in [3.63, 3.8) is 0 Å². The molecule has 2 fully saturated rings. The number of amides is 4. The summed E-state index contributed by atoms with van der Waals surface area (Å²) in [4.78, 5) is 54.2. The smallest absolute Gasteiger partial charge is 0.257 e. The van der Waals surface area contributed by atoms with Crippen LogP contribution >= 0.6 is 11.6 Å². The summed E-state index contributed by atoms with van der Waals surface area (Å²) >= 11 is 6.23. The predicted octanol–water partition coefficient (Wildman–Crippen LogP) is 5.93. The molecule has 0 aromatic heterocycles. The predicted molar refractivity (Wildman–Crippen MR) is 165 cm³/mol. The standard InChI is InChI=1S/C33H35ClN4O4/c1-20-5-4-6-21(2)31(20)38-19-25(17-30(38)40)33(42)37-15-13-24(14-16-37)23-7-9-26(10-8-23)36-32(41)28-18-27(35-22(3)39)11-12-29(28)34/h4-12,18,24-25H,13-17,19H2,1-3H3,(H,35,39)(H,36,41). The van der Waals surface area contributed by atoms with E-state index in [-0.39, 0.29) is 41.5 Å². The number of piperidine rings is 1. The third-order valence-electron chi connectivity index (χ3n) is 8.16. The van der Waals surface area contributed by atoms with Gasteiger partial charge in [-0.15, -0.1) is 0 Å². The number of carbonyl (C=O) groups excluding carboxylic acids is 4. The number of halogens is 1. The topological polar surface area (TPSA) is 98.8 Å². The molecule has 0 aliphatic carbocycles. The van der Waals surface area contributed by atoms with E-state index in [1.807, 2.05) is 61.2 Å². The summed E-state index contributed by atoms with van der Waals surface area (Å²) in [7, 11) is 0. The molecule has 2 aliphatic heterocycles. The summed E-state index contributed by atoms with van der Waals surface area (Å²) in [5.74, 6) is -0.538. The first-order valence-corrected chi connectivity index (χ1v) is 14.6. The van der Waals surface area contributed by atoms with Gasteiger partial charge in [-0.2, -0.15) is 0 Å². The second-order valence-corrected chi connectivity index (χ2v) is 11.6. The first-order valence-electron chi connectivity index (χ1n) is 14.2. The molecular formula is C33H35ClN4O4. The van der Waals surface area contributed by atoms with Crippen molar-refractivity contribution in [2.45, 2.75) is 46.0 Å². The number of hydrogen-bond acceptors (Lipinski definition) is 4. The van der Waals surface area contributed by atoms with Gasteiger partial charge in [0.25, 0.3) is 5.91 Å². The number of nitrogens with one attached hydrogen (secondary N) is 2. The first-order chi connectivity index (χ1) is 20.1. The highest BCUT2D eigenvalue weighted by Crippen LogP contribution is 2.34. The lowest BCUT2D eigenvalue weighted by Crippen LogP contribution is -2.42. The summed E-state index contributed by atoms with van der Waals surface area (Å²) in [5, 5.41) is 5.82. The van der Waals surface area contributed by atoms with Crippen LogP contribution in [0.5, 0.6) is 0 Å². The SMILES string of the molecule is CC(=O)Nc1ccc(Cl)c(C(=O)Nc2ccc(C3CCN(C(=O)C4CC(=O)N(c5c(C)cccc5C)C4)CC3)cc2)c1. The Morgan fingerprint density at radius 2 is 1.52 bits per heavy atom. The molecule has 2 N–H and O–H groups in total. The molecule has 2 saturated heterocycles. The van der Waals surface area contributed by atoms with Crippen LogP contribution in [0.3, 0.4) is 0 Å². The Hall–Kier alpha value is -4.17. The summed E-state index contributed by atoms with van der Waals surface area (Å²) in [6.45, 7) is 7.13. The molecule has 2 aliphatic rings. The zero-order valence-electron chi connectivity index (χ0n) is 24.1. The maximum Gasteiger partial charge on any atom is 0.257 e. The van der Waals surface area contributed by atoms with E-state index >= 15 is 0 Å². The summed E-state index contributed by atoms with van der Waals surface area (Å²) in [6, 6.07) is 18.5. The number of carbonyl (C=O) groups is 4. The lowest BCUT2D eigenvalue weighted by atomic mass is 9.89. The first kappa shape index (κ1) is 29.3. The van der Waals surface area contributed by atoms with E-state index in [2.05, 4.69) is 10.6 Å². The van der Waals surface area contributed by atoms with Gasteiger partial charge in [0.05, 0.1) is 16.5 Å². The van der Waals surface area contributed by atoms with E-state index in [0.717, 1.165) is 35.2 Å². The maximum absolute atomic E-state index is 13.4. The molecule has 3 aromatic rings. The van der Waals surface area contributed by atoms with Gasteiger partial charge in [-0.05, 0) is 79.6 Å². The van der Waals surface area contributed by atoms with Crippen LogP contribution in [-0.2, 0) is 14.4 Å². The molecule has 2 heterocycles. The Labute approximate surface area is 251 Å². The Balaban J connectivity index is 1.16. The van der Waals surface area contributed by atoms with Gasteiger partial charge in [-0.25, -0.2) is 0 Å². The quantitative estimate of drug-likeness (QED) is 0.374. The van der Waals surface area contributed by atoms with Crippen molar-refractivity contribution in [3.05, 3.63) is 87.9 Å². The minimum atomic E-state index is -0.367. The average molecular weight is 587 g/mol. The second-order valence-electron chi connectivity index (χ2n) is 11.2. The molecular weight excluding hydrogens is 552 g/mol. The van der Waals surface area contributed by atoms with Crippen LogP contribution in [0.4, 0.5) is 17.1 Å². The average Bonchev–Trinajstić information content (AvgIpc) is 3.34. The molecule has 1 atom stereocenters. The van der Waals surface area contributed by atoms with Crippen LogP contribution in [0.15, 0.2) is 60.7 Å². The minimum absolute atomic E-state index is 0.00974. The van der Waals surface area contributed by atoms with Crippen LogP contribution in [0.25, 0.3) is 0 Å². The molecule has 9 heteroatoms. The molecule has 0 radical (unpaired) electrons. The summed E-state index contributed by atoms with van der Waals surface area (Å²) in [6.07, 6.45) is 1.93. The Bertz CT molecular complexity index is 1510. The molecule has 5 rings (SSSR count). The fourth-order valence-corrected chi connectivity index (χ4v) is 6.23. The molecule has 218 valence electrons. The van der Waals surface area contributed by atoms with Crippen molar-refractivity contribution >= 4 is 52.3 Å². The van der Waals surface area contributed by atoms with Crippen molar-refractivity contribution in [1.29, 1.82) is 0 Å². The number of likely N-dealkylation sites (tertiary alicyclic amines) is 1. The lowest BCUT2D eigenvalue weighted by Gasteiger charge is -2.34. The van der Waals surface area contributed by atoms with Gasteiger partial charge in [0.1, 0.15) is 0 Å². The number of rotatable bonds is 6. The Morgan fingerprint density at radius 3 is 2.17 bits per heavy atom. The number of nitrogens with zero attached hydrogens (tertiary/aromatic N) is 2. The molecule has 1 unspecified atom stereocenters. The summed E-state index contributed by atoms with van der Waals surface area (Å²) < 4.78 is 0. The highest BCUT2D eigenvalue weighted by atomic mass is 35.5. The Kier molecular flexibility index (Phi) is 8.64. The van der Waals surface area contributed by atoms with Gasteiger partial charge >= 0.3 is 0 Å². The monoisotopic (exact) mass is 586 g/mol. The number of para-hydroxylation sites is 1. The van der Waals surface area contributed by atoms with Gasteiger partial charge < -0.3 is 20.4 Å². The van der Waals surface area contributed by atoms with Crippen molar-refractivity contribution in [3.8, 4) is 0 Å². The highest BCUT2D eigenvalue weighted by Gasteiger charge is 2.39. The van der Waals surface area contributed by atoms with Gasteiger partial charge in [0.2, 0.25) is 17.7 Å². The molecule has 0 saturated carbocycles. The second kappa shape index (κ2) is 12.4. The minimum Gasteiger partial charge on any atom is -0.342 e. The van der Waals surface area contributed by atoms with Crippen molar-refractivity contribution < 1.29 is 19.2 Å².